The van der Waals surface area contributed by atoms with E-state index >= 15 is 0 Å². The minimum Gasteiger partial charge on any atom is -0.481 e. The number of aliphatic carboxylic acids is 1. The fraction of sp³-hybridized carbons (Fsp3) is 0.250. The van der Waals surface area contributed by atoms with Crippen molar-refractivity contribution in [1.82, 2.24) is 3.97 Å². The maximum atomic E-state index is 13.5. The number of carbonyl (C=O) groups is 1. The lowest BCUT2D eigenvalue weighted by Gasteiger charge is -2.14. The van der Waals surface area contributed by atoms with E-state index in [1.807, 2.05) is 0 Å². The normalized spacial score (nSPS) is 16.6. The number of aromatic nitrogens is 1. The molecule has 0 saturated heterocycles. The molecule has 0 spiro atoms. The second-order valence-electron chi connectivity index (χ2n) is 6.99. The van der Waals surface area contributed by atoms with Gasteiger partial charge in [0.2, 0.25) is 0 Å². The monoisotopic (exact) mass is 439 g/mol. The Labute approximate surface area is 169 Å². The van der Waals surface area contributed by atoms with Crippen LogP contribution in [-0.4, -0.2) is 23.5 Å². The molecule has 10 heteroatoms. The Morgan fingerprint density at radius 2 is 1.97 bits per heavy atom. The molecule has 2 aliphatic rings. The Bertz CT molecular complexity index is 1250. The molecule has 1 N–H and O–H groups in total. The number of halogens is 3. The number of alkyl halides is 3. The van der Waals surface area contributed by atoms with Crippen LogP contribution in [0.4, 0.5) is 13.2 Å². The van der Waals surface area contributed by atoms with E-state index in [-0.39, 0.29) is 40.8 Å². The van der Waals surface area contributed by atoms with Crippen molar-refractivity contribution >= 4 is 26.9 Å². The molecule has 0 bridgehead atoms. The highest BCUT2D eigenvalue weighted by atomic mass is 32.2. The van der Waals surface area contributed by atoms with Gasteiger partial charge in [-0.15, -0.1) is 0 Å². The average molecular weight is 439 g/mol. The maximum Gasteiger partial charge on any atom is 0.416 e. The molecule has 1 aliphatic carbocycles. The predicted octanol–water partition coefficient (Wildman–Crippen LogP) is 4.33. The summed E-state index contributed by atoms with van der Waals surface area (Å²) in [5.74, 6) is -1.14. The molecule has 6 nitrogen and oxygen atoms in total. The third-order valence-corrected chi connectivity index (χ3v) is 7.05. The van der Waals surface area contributed by atoms with Crippen LogP contribution in [0.2, 0.25) is 0 Å². The van der Waals surface area contributed by atoms with E-state index in [9.17, 15) is 26.4 Å². The minimum absolute atomic E-state index is 0.0740. The highest BCUT2D eigenvalue weighted by Crippen LogP contribution is 2.40. The molecule has 2 heterocycles. The summed E-state index contributed by atoms with van der Waals surface area (Å²) in [7, 11) is -4.14. The Morgan fingerprint density at radius 3 is 2.67 bits per heavy atom. The van der Waals surface area contributed by atoms with Crippen LogP contribution in [-0.2, 0) is 32.2 Å². The lowest BCUT2D eigenvalue weighted by Crippen LogP contribution is -2.18. The van der Waals surface area contributed by atoms with Gasteiger partial charge in [-0.3, -0.25) is 4.79 Å². The van der Waals surface area contributed by atoms with Gasteiger partial charge in [-0.25, -0.2) is 12.4 Å². The first-order valence-corrected chi connectivity index (χ1v) is 10.5. The largest absolute Gasteiger partial charge is 0.481 e. The number of carboxylic acid groups (broad SMARTS) is 1. The lowest BCUT2D eigenvalue weighted by molar-refractivity contribution is -0.138. The van der Waals surface area contributed by atoms with Gasteiger partial charge in [-0.2, -0.15) is 13.2 Å². The molecule has 0 saturated carbocycles. The van der Waals surface area contributed by atoms with Crippen LogP contribution in [0.15, 0.2) is 58.9 Å². The fourth-order valence-electron chi connectivity index (χ4n) is 3.74. The first kappa shape index (κ1) is 20.3. The van der Waals surface area contributed by atoms with E-state index in [1.165, 1.54) is 18.6 Å². The minimum atomic E-state index is -4.58. The first-order valence-electron chi connectivity index (χ1n) is 9.02. The van der Waals surface area contributed by atoms with Crippen LogP contribution in [0.1, 0.15) is 30.5 Å². The molecular weight excluding hydrogens is 423 g/mol. The van der Waals surface area contributed by atoms with Gasteiger partial charge in [0.25, 0.3) is 10.0 Å². The summed E-state index contributed by atoms with van der Waals surface area (Å²) in [6, 6.07) is 4.11. The van der Waals surface area contributed by atoms with Crippen LogP contribution in [0.5, 0.6) is 0 Å². The third kappa shape index (κ3) is 3.41. The number of nitrogens with zero attached hydrogens (tertiary/aromatic N) is 1. The van der Waals surface area contributed by atoms with E-state index in [0.717, 1.165) is 27.7 Å². The topological polar surface area (TPSA) is 85.6 Å². The second-order valence-corrected chi connectivity index (χ2v) is 8.80. The summed E-state index contributed by atoms with van der Waals surface area (Å²) < 4.78 is 72.5. The summed E-state index contributed by atoms with van der Waals surface area (Å²) in [5, 5.41) is 9.09. The van der Waals surface area contributed by atoms with Gasteiger partial charge in [-0.05, 0) is 55.2 Å². The van der Waals surface area contributed by atoms with Crippen LogP contribution < -0.4 is 0 Å². The summed E-state index contributed by atoms with van der Waals surface area (Å²) in [5.41, 5.74) is 0.506. The van der Waals surface area contributed by atoms with Gasteiger partial charge in [0, 0.05) is 16.7 Å². The summed E-state index contributed by atoms with van der Waals surface area (Å²) in [6.07, 6.45) is -0.0524. The molecule has 2 aromatic rings. The van der Waals surface area contributed by atoms with E-state index < -0.39 is 27.7 Å². The van der Waals surface area contributed by atoms with Crippen molar-refractivity contribution in [3.63, 3.8) is 0 Å². The van der Waals surface area contributed by atoms with Gasteiger partial charge >= 0.3 is 12.1 Å². The molecule has 1 aromatic heterocycles. The third-order valence-electron chi connectivity index (χ3n) is 5.09. The van der Waals surface area contributed by atoms with Crippen LogP contribution in [0.25, 0.3) is 10.9 Å². The van der Waals surface area contributed by atoms with E-state index in [2.05, 4.69) is 0 Å². The van der Waals surface area contributed by atoms with Gasteiger partial charge < -0.3 is 9.84 Å². The van der Waals surface area contributed by atoms with Gasteiger partial charge in [0.15, 0.2) is 0 Å². The number of ether oxygens (including phenoxy) is 1. The molecule has 1 aliphatic heterocycles. The van der Waals surface area contributed by atoms with E-state index in [1.54, 1.807) is 6.08 Å². The summed E-state index contributed by atoms with van der Waals surface area (Å²) in [4.78, 5) is 11.2. The SMILES string of the molecule is O=C(O)CCc1cc2cc(C(F)(F)F)ccc2n1S(=O)(=O)C1=C2C=COC=C2CC1. The van der Waals surface area contributed by atoms with Gasteiger partial charge in [0.1, 0.15) is 0 Å². The standard InChI is InChI=1S/C20H16F3NO5S/c21-20(22,23)14-2-4-17-13(9-14)10-15(3-6-19(25)26)24(17)30(27,28)18-5-1-12-11-29-8-7-16(12)18/h2,4,7-11H,1,3,5-6H2,(H,25,26). The van der Waals surface area contributed by atoms with Crippen molar-refractivity contribution in [3.8, 4) is 0 Å². The number of hydrogen-bond donors (Lipinski definition) is 1. The van der Waals surface area contributed by atoms with Gasteiger partial charge in [-0.1, -0.05) is 0 Å². The Kier molecular flexibility index (Phi) is 4.76. The van der Waals surface area contributed by atoms with Crippen molar-refractivity contribution in [2.75, 3.05) is 0 Å². The molecule has 30 heavy (non-hydrogen) atoms. The van der Waals surface area contributed by atoms with Crippen molar-refractivity contribution in [1.29, 1.82) is 0 Å². The molecular formula is C20H16F3NO5S. The van der Waals surface area contributed by atoms with Crippen LogP contribution in [0.3, 0.4) is 0 Å². The summed E-state index contributed by atoms with van der Waals surface area (Å²) in [6.45, 7) is 0. The molecule has 0 fully saturated rings. The molecule has 0 atom stereocenters. The smallest absolute Gasteiger partial charge is 0.416 e. The van der Waals surface area contributed by atoms with Crippen LogP contribution in [0, 0.1) is 0 Å². The predicted molar refractivity (Wildman–Crippen MR) is 102 cm³/mol. The zero-order chi connectivity index (χ0) is 21.7. The Hall–Kier alpha value is -3.01. The van der Waals surface area contributed by atoms with Crippen LogP contribution >= 0.6 is 0 Å². The number of fused-ring (bicyclic) bond motifs is 2. The number of carboxylic acids is 1. The molecule has 158 valence electrons. The average Bonchev–Trinajstić information content (AvgIpc) is 3.27. The van der Waals surface area contributed by atoms with E-state index in [4.69, 9.17) is 9.84 Å². The number of aryl methyl sites for hydroxylation is 1. The number of rotatable bonds is 5. The maximum absolute atomic E-state index is 13.5. The number of allylic oxidation sites excluding steroid dienone is 4. The molecule has 1 aromatic carbocycles. The quantitative estimate of drug-likeness (QED) is 0.750. The van der Waals surface area contributed by atoms with Crippen molar-refractivity contribution in [2.24, 2.45) is 0 Å². The highest BCUT2D eigenvalue weighted by molar-refractivity contribution is 7.94. The van der Waals surface area contributed by atoms with Gasteiger partial charge in [0.05, 0.1) is 34.9 Å². The van der Waals surface area contributed by atoms with Crippen molar-refractivity contribution in [2.45, 2.75) is 31.9 Å². The van der Waals surface area contributed by atoms with Crippen molar-refractivity contribution in [3.05, 3.63) is 70.2 Å². The number of benzene rings is 1. The van der Waals surface area contributed by atoms with E-state index in [0.29, 0.717) is 12.0 Å². The molecule has 4 rings (SSSR count). The molecule has 0 amide bonds. The summed E-state index contributed by atoms with van der Waals surface area (Å²) >= 11 is 0. The van der Waals surface area contributed by atoms with Crippen molar-refractivity contribution < 1.29 is 36.2 Å². The lowest BCUT2D eigenvalue weighted by atomic mass is 10.1. The second kappa shape index (κ2) is 7.05. The Balaban J connectivity index is 1.93. The highest BCUT2D eigenvalue weighted by Gasteiger charge is 2.34. The number of hydrogen-bond acceptors (Lipinski definition) is 4. The Morgan fingerprint density at radius 1 is 1.20 bits per heavy atom. The fourth-order valence-corrected chi connectivity index (χ4v) is 5.68. The molecule has 0 radical (unpaired) electrons. The first-order chi connectivity index (χ1) is 14.1. The molecule has 0 unspecified atom stereocenters. The zero-order valence-electron chi connectivity index (χ0n) is 15.4. The zero-order valence-corrected chi connectivity index (χ0v) is 16.3.